The predicted molar refractivity (Wildman–Crippen MR) is 85.3 cm³/mol. The first kappa shape index (κ1) is 16.0. The average molecular weight is 335 g/mol. The lowest BCUT2D eigenvalue weighted by atomic mass is 10.1. The summed E-state index contributed by atoms with van der Waals surface area (Å²) in [5, 5.41) is 0. The van der Waals surface area contributed by atoms with Gasteiger partial charge in [0.2, 0.25) is 10.0 Å². The maximum atomic E-state index is 13.4. The molecule has 3 rings (SSSR count). The molecule has 1 unspecified atom stereocenters. The second kappa shape index (κ2) is 6.29. The van der Waals surface area contributed by atoms with Crippen molar-refractivity contribution in [2.24, 2.45) is 0 Å². The van der Waals surface area contributed by atoms with Crippen LogP contribution >= 0.6 is 0 Å². The van der Waals surface area contributed by atoms with Crippen LogP contribution in [0.5, 0.6) is 5.75 Å². The summed E-state index contributed by atoms with van der Waals surface area (Å²) in [5.74, 6) is 0.178. The highest BCUT2D eigenvalue weighted by molar-refractivity contribution is 7.89. The molecule has 1 aliphatic heterocycles. The SMILES string of the molecule is COc1ccc(C2CCCN2S(=O)(=O)c2cccc(F)c2)cc1. The third kappa shape index (κ3) is 3.09. The van der Waals surface area contributed by atoms with E-state index in [0.717, 1.165) is 30.2 Å². The Kier molecular flexibility index (Phi) is 4.37. The fourth-order valence-electron chi connectivity index (χ4n) is 2.95. The number of sulfonamides is 1. The Bertz CT molecular complexity index is 790. The van der Waals surface area contributed by atoms with Crippen LogP contribution in [-0.4, -0.2) is 26.4 Å². The fraction of sp³-hybridized carbons (Fsp3) is 0.294. The molecule has 23 heavy (non-hydrogen) atoms. The molecule has 0 aromatic heterocycles. The molecule has 2 aromatic carbocycles. The molecule has 0 radical (unpaired) electrons. The number of benzene rings is 2. The fourth-order valence-corrected chi connectivity index (χ4v) is 4.66. The molecule has 6 heteroatoms. The summed E-state index contributed by atoms with van der Waals surface area (Å²) in [4.78, 5) is -0.00193. The number of rotatable bonds is 4. The van der Waals surface area contributed by atoms with Crippen molar-refractivity contribution in [1.29, 1.82) is 0 Å². The Morgan fingerprint density at radius 1 is 1.17 bits per heavy atom. The largest absolute Gasteiger partial charge is 0.497 e. The van der Waals surface area contributed by atoms with Crippen LogP contribution in [0.2, 0.25) is 0 Å². The highest BCUT2D eigenvalue weighted by Gasteiger charge is 2.36. The second-order valence-electron chi connectivity index (χ2n) is 5.50. The lowest BCUT2D eigenvalue weighted by Gasteiger charge is -2.24. The molecule has 1 heterocycles. The lowest BCUT2D eigenvalue weighted by Crippen LogP contribution is -2.30. The van der Waals surface area contributed by atoms with Crippen LogP contribution in [-0.2, 0) is 10.0 Å². The number of halogens is 1. The standard InChI is InChI=1S/C17H18FNO3S/c1-22-15-9-7-13(8-10-15)17-6-3-11-19(17)23(20,21)16-5-2-4-14(18)12-16/h2,4-5,7-10,12,17H,3,6,11H2,1H3. The first-order chi connectivity index (χ1) is 11.0. The van der Waals surface area contributed by atoms with Crippen molar-refractivity contribution in [3.63, 3.8) is 0 Å². The summed E-state index contributed by atoms with van der Waals surface area (Å²) in [6, 6.07) is 12.3. The summed E-state index contributed by atoms with van der Waals surface area (Å²) in [6.07, 6.45) is 1.53. The zero-order valence-corrected chi connectivity index (χ0v) is 13.6. The van der Waals surface area contributed by atoms with Crippen LogP contribution in [0.1, 0.15) is 24.4 Å². The number of ether oxygens (including phenoxy) is 1. The third-order valence-corrected chi connectivity index (χ3v) is 6.01. The Labute approximate surface area is 135 Å². The molecule has 4 nitrogen and oxygen atoms in total. The second-order valence-corrected chi connectivity index (χ2v) is 7.39. The monoisotopic (exact) mass is 335 g/mol. The van der Waals surface area contributed by atoms with E-state index in [4.69, 9.17) is 4.74 Å². The summed E-state index contributed by atoms with van der Waals surface area (Å²) in [7, 11) is -2.12. The van der Waals surface area contributed by atoms with E-state index in [0.29, 0.717) is 6.54 Å². The molecule has 1 aliphatic rings. The molecule has 0 N–H and O–H groups in total. The minimum absolute atomic E-state index is 0.00193. The van der Waals surface area contributed by atoms with Gasteiger partial charge in [-0.15, -0.1) is 0 Å². The van der Waals surface area contributed by atoms with Gasteiger partial charge in [-0.1, -0.05) is 18.2 Å². The van der Waals surface area contributed by atoms with Gasteiger partial charge < -0.3 is 4.74 Å². The van der Waals surface area contributed by atoms with Gasteiger partial charge in [0.05, 0.1) is 18.0 Å². The average Bonchev–Trinajstić information content (AvgIpc) is 3.05. The Morgan fingerprint density at radius 3 is 2.57 bits per heavy atom. The van der Waals surface area contributed by atoms with Crippen LogP contribution in [0.15, 0.2) is 53.4 Å². The molecule has 0 saturated carbocycles. The van der Waals surface area contributed by atoms with E-state index in [-0.39, 0.29) is 10.9 Å². The molecule has 2 aromatic rings. The van der Waals surface area contributed by atoms with E-state index in [2.05, 4.69) is 0 Å². The van der Waals surface area contributed by atoms with Crippen molar-refractivity contribution in [2.75, 3.05) is 13.7 Å². The Hall–Kier alpha value is -1.92. The van der Waals surface area contributed by atoms with Gasteiger partial charge in [0, 0.05) is 6.54 Å². The Balaban J connectivity index is 1.94. The number of methoxy groups -OCH3 is 1. The van der Waals surface area contributed by atoms with Crippen LogP contribution in [0.3, 0.4) is 0 Å². The van der Waals surface area contributed by atoms with Crippen LogP contribution in [0, 0.1) is 5.82 Å². The molecule has 1 fully saturated rings. The van der Waals surface area contributed by atoms with Crippen molar-refractivity contribution >= 4 is 10.0 Å². The molecule has 1 saturated heterocycles. The molecule has 0 aliphatic carbocycles. The minimum Gasteiger partial charge on any atom is -0.497 e. The number of hydrogen-bond donors (Lipinski definition) is 0. The topological polar surface area (TPSA) is 46.6 Å². The minimum atomic E-state index is -3.71. The quantitative estimate of drug-likeness (QED) is 0.861. The van der Waals surface area contributed by atoms with Crippen molar-refractivity contribution in [2.45, 2.75) is 23.8 Å². The summed E-state index contributed by atoms with van der Waals surface area (Å²) in [5.41, 5.74) is 0.920. The number of hydrogen-bond acceptors (Lipinski definition) is 3. The first-order valence-corrected chi connectivity index (χ1v) is 8.88. The van der Waals surface area contributed by atoms with Gasteiger partial charge in [-0.25, -0.2) is 12.8 Å². The first-order valence-electron chi connectivity index (χ1n) is 7.44. The molecule has 0 spiro atoms. The zero-order valence-electron chi connectivity index (χ0n) is 12.8. The molecule has 0 amide bonds. The van der Waals surface area contributed by atoms with E-state index in [9.17, 15) is 12.8 Å². The maximum absolute atomic E-state index is 13.4. The van der Waals surface area contributed by atoms with Crippen LogP contribution in [0.25, 0.3) is 0 Å². The molecular formula is C17H18FNO3S. The van der Waals surface area contributed by atoms with Crippen molar-refractivity contribution in [3.8, 4) is 5.75 Å². The van der Waals surface area contributed by atoms with E-state index >= 15 is 0 Å². The highest BCUT2D eigenvalue weighted by atomic mass is 32.2. The lowest BCUT2D eigenvalue weighted by molar-refractivity contribution is 0.394. The number of nitrogens with zero attached hydrogens (tertiary/aromatic N) is 1. The van der Waals surface area contributed by atoms with Gasteiger partial charge >= 0.3 is 0 Å². The van der Waals surface area contributed by atoms with Crippen molar-refractivity contribution in [3.05, 3.63) is 59.9 Å². The third-order valence-electron chi connectivity index (χ3n) is 4.11. The molecule has 122 valence electrons. The van der Waals surface area contributed by atoms with E-state index < -0.39 is 15.8 Å². The van der Waals surface area contributed by atoms with E-state index in [1.54, 1.807) is 7.11 Å². The highest BCUT2D eigenvalue weighted by Crippen LogP contribution is 2.37. The van der Waals surface area contributed by atoms with Gasteiger partial charge in [0.1, 0.15) is 11.6 Å². The van der Waals surface area contributed by atoms with Crippen LogP contribution < -0.4 is 4.74 Å². The van der Waals surface area contributed by atoms with Crippen molar-refractivity contribution < 1.29 is 17.5 Å². The predicted octanol–water partition coefficient (Wildman–Crippen LogP) is 3.36. The van der Waals surface area contributed by atoms with E-state index in [1.807, 2.05) is 24.3 Å². The molecular weight excluding hydrogens is 317 g/mol. The van der Waals surface area contributed by atoms with E-state index in [1.165, 1.54) is 22.5 Å². The smallest absolute Gasteiger partial charge is 0.243 e. The Morgan fingerprint density at radius 2 is 1.91 bits per heavy atom. The van der Waals surface area contributed by atoms with Gasteiger partial charge in [-0.3, -0.25) is 0 Å². The summed E-state index contributed by atoms with van der Waals surface area (Å²) >= 11 is 0. The van der Waals surface area contributed by atoms with Crippen LogP contribution in [0.4, 0.5) is 4.39 Å². The molecule has 1 atom stereocenters. The van der Waals surface area contributed by atoms with Gasteiger partial charge in [0.15, 0.2) is 0 Å². The van der Waals surface area contributed by atoms with Crippen molar-refractivity contribution in [1.82, 2.24) is 4.31 Å². The van der Waals surface area contributed by atoms with Gasteiger partial charge in [-0.2, -0.15) is 4.31 Å². The molecule has 0 bridgehead atoms. The zero-order chi connectivity index (χ0) is 16.4. The van der Waals surface area contributed by atoms with Gasteiger partial charge in [0.25, 0.3) is 0 Å². The summed E-state index contributed by atoms with van der Waals surface area (Å²) in [6.45, 7) is 0.440. The normalized spacial score (nSPS) is 19.0. The van der Waals surface area contributed by atoms with Gasteiger partial charge in [-0.05, 0) is 48.7 Å². The summed E-state index contributed by atoms with van der Waals surface area (Å²) < 4.78 is 45.6. The maximum Gasteiger partial charge on any atom is 0.243 e.